The summed E-state index contributed by atoms with van der Waals surface area (Å²) in [4.78, 5) is 4.49. The molecule has 2 N–H and O–H groups in total. The smallest absolute Gasteiger partial charge is 0.213 e. The van der Waals surface area contributed by atoms with Gasteiger partial charge in [-0.1, -0.05) is 19.9 Å². The van der Waals surface area contributed by atoms with E-state index >= 15 is 0 Å². The van der Waals surface area contributed by atoms with Crippen LogP contribution in [0, 0.1) is 18.8 Å². The topological polar surface area (TPSA) is 48.1 Å². The van der Waals surface area contributed by atoms with Crippen LogP contribution in [0.2, 0.25) is 0 Å². The van der Waals surface area contributed by atoms with Gasteiger partial charge in [0.25, 0.3) is 0 Å². The van der Waals surface area contributed by atoms with Crippen LogP contribution in [0.15, 0.2) is 12.1 Å². The number of nitrogens with two attached hydrogens (primary N) is 1. The Morgan fingerprint density at radius 1 is 1.22 bits per heavy atom. The Morgan fingerprint density at radius 2 is 1.89 bits per heavy atom. The first-order valence-corrected chi connectivity index (χ1v) is 6.91. The second-order valence-electron chi connectivity index (χ2n) is 5.76. The largest absolute Gasteiger partial charge is 0.474 e. The number of aryl methyl sites for hydroxylation is 1. The van der Waals surface area contributed by atoms with Gasteiger partial charge in [-0.25, -0.2) is 4.98 Å². The highest BCUT2D eigenvalue weighted by Crippen LogP contribution is 2.31. The van der Waals surface area contributed by atoms with E-state index in [-0.39, 0.29) is 0 Å². The molecule has 0 bridgehead atoms. The van der Waals surface area contributed by atoms with Gasteiger partial charge in [0.1, 0.15) is 6.10 Å². The van der Waals surface area contributed by atoms with E-state index in [0.29, 0.717) is 12.6 Å². The standard InChI is InChI=1S/C15H24N2O/c1-10-6-11(2)8-14(7-10)18-15-5-4-13(9-16)12(3)17-15/h4-5,10-11,14H,6-9,16H2,1-3H3. The van der Waals surface area contributed by atoms with Gasteiger partial charge in [0.2, 0.25) is 5.88 Å². The highest BCUT2D eigenvalue weighted by atomic mass is 16.5. The number of nitrogens with zero attached hydrogens (tertiary/aromatic N) is 1. The van der Waals surface area contributed by atoms with Crippen LogP contribution in [-0.4, -0.2) is 11.1 Å². The fourth-order valence-electron chi connectivity index (χ4n) is 2.99. The Balaban J connectivity index is 2.02. The molecule has 2 unspecified atom stereocenters. The zero-order chi connectivity index (χ0) is 13.1. The Kier molecular flexibility index (Phi) is 4.23. The molecule has 0 aliphatic heterocycles. The molecular weight excluding hydrogens is 224 g/mol. The molecular formula is C15H24N2O. The van der Waals surface area contributed by atoms with E-state index in [9.17, 15) is 0 Å². The summed E-state index contributed by atoms with van der Waals surface area (Å²) in [7, 11) is 0. The molecule has 0 radical (unpaired) electrons. The van der Waals surface area contributed by atoms with Gasteiger partial charge in [0, 0.05) is 18.3 Å². The first kappa shape index (κ1) is 13.3. The second kappa shape index (κ2) is 5.70. The fraction of sp³-hybridized carbons (Fsp3) is 0.667. The summed E-state index contributed by atoms with van der Waals surface area (Å²) < 4.78 is 6.02. The Labute approximate surface area is 110 Å². The van der Waals surface area contributed by atoms with E-state index in [0.717, 1.165) is 41.8 Å². The summed E-state index contributed by atoms with van der Waals surface area (Å²) in [6.07, 6.45) is 3.92. The van der Waals surface area contributed by atoms with E-state index in [1.807, 2.05) is 19.1 Å². The van der Waals surface area contributed by atoms with Crippen molar-refractivity contribution in [1.29, 1.82) is 0 Å². The normalized spacial score (nSPS) is 28.1. The van der Waals surface area contributed by atoms with Crippen LogP contribution in [0.1, 0.15) is 44.4 Å². The predicted molar refractivity (Wildman–Crippen MR) is 73.5 cm³/mol. The average Bonchev–Trinajstić information content (AvgIpc) is 2.27. The molecule has 18 heavy (non-hydrogen) atoms. The molecule has 1 saturated carbocycles. The third-order valence-corrected chi connectivity index (χ3v) is 3.81. The maximum Gasteiger partial charge on any atom is 0.213 e. The van der Waals surface area contributed by atoms with Gasteiger partial charge < -0.3 is 10.5 Å². The first-order chi connectivity index (χ1) is 8.58. The zero-order valence-electron chi connectivity index (χ0n) is 11.6. The lowest BCUT2D eigenvalue weighted by Gasteiger charge is -2.31. The van der Waals surface area contributed by atoms with E-state index < -0.39 is 0 Å². The van der Waals surface area contributed by atoms with Crippen LogP contribution in [0.25, 0.3) is 0 Å². The molecule has 0 amide bonds. The highest BCUT2D eigenvalue weighted by molar-refractivity contribution is 5.24. The fourth-order valence-corrected chi connectivity index (χ4v) is 2.99. The van der Waals surface area contributed by atoms with Gasteiger partial charge in [-0.15, -0.1) is 0 Å². The Bertz CT molecular complexity index is 395. The van der Waals surface area contributed by atoms with Crippen molar-refractivity contribution >= 4 is 0 Å². The molecule has 1 aromatic rings. The lowest BCUT2D eigenvalue weighted by molar-refractivity contribution is 0.0965. The first-order valence-electron chi connectivity index (χ1n) is 6.91. The minimum atomic E-state index is 0.319. The minimum Gasteiger partial charge on any atom is -0.474 e. The van der Waals surface area contributed by atoms with Gasteiger partial charge in [0.05, 0.1) is 0 Å². The summed E-state index contributed by atoms with van der Waals surface area (Å²) in [5.41, 5.74) is 7.71. The molecule has 0 saturated heterocycles. The van der Waals surface area contributed by atoms with Crippen molar-refractivity contribution in [2.24, 2.45) is 17.6 Å². The second-order valence-corrected chi connectivity index (χ2v) is 5.76. The Hall–Kier alpha value is -1.09. The molecule has 1 aromatic heterocycles. The maximum atomic E-state index is 6.02. The molecule has 3 heteroatoms. The van der Waals surface area contributed by atoms with Crippen molar-refractivity contribution in [3.63, 3.8) is 0 Å². The number of hydrogen-bond donors (Lipinski definition) is 1. The molecule has 2 atom stereocenters. The van der Waals surface area contributed by atoms with Crippen molar-refractivity contribution < 1.29 is 4.74 Å². The summed E-state index contributed by atoms with van der Waals surface area (Å²) in [6.45, 7) is 7.14. The van der Waals surface area contributed by atoms with Crippen molar-refractivity contribution in [2.45, 2.75) is 52.7 Å². The molecule has 0 aromatic carbocycles. The van der Waals surface area contributed by atoms with E-state index in [4.69, 9.17) is 10.5 Å². The maximum absolute atomic E-state index is 6.02. The van der Waals surface area contributed by atoms with Crippen LogP contribution < -0.4 is 10.5 Å². The van der Waals surface area contributed by atoms with Gasteiger partial charge in [0.15, 0.2) is 0 Å². The van der Waals surface area contributed by atoms with Gasteiger partial charge in [-0.05, 0) is 43.6 Å². The van der Waals surface area contributed by atoms with Gasteiger partial charge >= 0.3 is 0 Å². The van der Waals surface area contributed by atoms with Crippen LogP contribution >= 0.6 is 0 Å². The third kappa shape index (κ3) is 3.22. The van der Waals surface area contributed by atoms with Crippen molar-refractivity contribution in [3.05, 3.63) is 23.4 Å². The van der Waals surface area contributed by atoms with Gasteiger partial charge in [-0.3, -0.25) is 0 Å². The van der Waals surface area contributed by atoms with Gasteiger partial charge in [-0.2, -0.15) is 0 Å². The molecule has 2 rings (SSSR count). The van der Waals surface area contributed by atoms with Crippen molar-refractivity contribution in [2.75, 3.05) is 0 Å². The lowest BCUT2D eigenvalue weighted by Crippen LogP contribution is -2.28. The van der Waals surface area contributed by atoms with Crippen LogP contribution in [0.5, 0.6) is 5.88 Å². The molecule has 1 aliphatic carbocycles. The lowest BCUT2D eigenvalue weighted by atomic mass is 9.82. The van der Waals surface area contributed by atoms with Crippen LogP contribution in [-0.2, 0) is 6.54 Å². The quantitative estimate of drug-likeness (QED) is 0.894. The molecule has 1 heterocycles. The van der Waals surface area contributed by atoms with Crippen molar-refractivity contribution in [3.8, 4) is 5.88 Å². The van der Waals surface area contributed by atoms with E-state index in [1.165, 1.54) is 6.42 Å². The molecule has 0 spiro atoms. The number of hydrogen-bond acceptors (Lipinski definition) is 3. The minimum absolute atomic E-state index is 0.319. The summed E-state index contributed by atoms with van der Waals surface area (Å²) in [6, 6.07) is 3.96. The summed E-state index contributed by atoms with van der Waals surface area (Å²) >= 11 is 0. The van der Waals surface area contributed by atoms with Crippen LogP contribution in [0.3, 0.4) is 0 Å². The number of rotatable bonds is 3. The molecule has 100 valence electrons. The zero-order valence-corrected chi connectivity index (χ0v) is 11.6. The summed E-state index contributed by atoms with van der Waals surface area (Å²) in [5, 5.41) is 0. The predicted octanol–water partition coefficient (Wildman–Crippen LogP) is 3.05. The number of aromatic nitrogens is 1. The highest BCUT2D eigenvalue weighted by Gasteiger charge is 2.25. The SMILES string of the molecule is Cc1nc(OC2CC(C)CC(C)C2)ccc1CN. The Morgan fingerprint density at radius 3 is 2.44 bits per heavy atom. The number of ether oxygens (including phenoxy) is 1. The summed E-state index contributed by atoms with van der Waals surface area (Å²) in [5.74, 6) is 2.25. The van der Waals surface area contributed by atoms with Crippen molar-refractivity contribution in [1.82, 2.24) is 4.98 Å². The van der Waals surface area contributed by atoms with Crippen LogP contribution in [0.4, 0.5) is 0 Å². The monoisotopic (exact) mass is 248 g/mol. The third-order valence-electron chi connectivity index (χ3n) is 3.81. The average molecular weight is 248 g/mol. The molecule has 3 nitrogen and oxygen atoms in total. The van der Waals surface area contributed by atoms with E-state index in [2.05, 4.69) is 18.8 Å². The molecule has 1 aliphatic rings. The van der Waals surface area contributed by atoms with E-state index in [1.54, 1.807) is 0 Å². The molecule has 1 fully saturated rings. The number of pyridine rings is 1.